The molecule has 158 valence electrons. The van der Waals surface area contributed by atoms with E-state index in [4.69, 9.17) is 5.11 Å². The fourth-order valence-electron chi connectivity index (χ4n) is 3.21. The summed E-state index contributed by atoms with van der Waals surface area (Å²) in [7, 11) is 0. The molecule has 1 saturated heterocycles. The highest BCUT2D eigenvalue weighted by atomic mass is 32.1. The molecule has 1 unspecified atom stereocenters. The van der Waals surface area contributed by atoms with Crippen LogP contribution in [-0.4, -0.2) is 44.8 Å². The molecule has 4 amide bonds. The summed E-state index contributed by atoms with van der Waals surface area (Å²) in [4.78, 5) is 54.7. The van der Waals surface area contributed by atoms with Crippen LogP contribution in [-0.2, 0) is 16.0 Å². The number of aromatic carboxylic acids is 1. The quantitative estimate of drug-likeness (QED) is 0.469. The second-order valence-corrected chi connectivity index (χ2v) is 8.32. The summed E-state index contributed by atoms with van der Waals surface area (Å²) in [6, 6.07) is 8.08. The van der Waals surface area contributed by atoms with Gasteiger partial charge in [0.1, 0.15) is 12.1 Å². The minimum absolute atomic E-state index is 0.0712. The lowest BCUT2D eigenvalue weighted by Crippen LogP contribution is -2.49. The molecule has 3 N–H and O–H groups in total. The van der Waals surface area contributed by atoms with Gasteiger partial charge in [-0.15, -0.1) is 11.3 Å². The van der Waals surface area contributed by atoms with Crippen molar-refractivity contribution in [3.05, 3.63) is 69.4 Å². The first-order chi connectivity index (χ1) is 14.9. The number of nitrogens with one attached hydrogen (secondary N) is 2. The minimum Gasteiger partial charge on any atom is -0.476 e. The van der Waals surface area contributed by atoms with E-state index in [1.165, 1.54) is 16.7 Å². The van der Waals surface area contributed by atoms with Gasteiger partial charge in [0.05, 0.1) is 0 Å². The number of amides is 4. The molecule has 9 nitrogen and oxygen atoms in total. The van der Waals surface area contributed by atoms with Crippen LogP contribution in [0.15, 0.2) is 52.5 Å². The number of thiophene rings is 1. The number of carbonyl (C=O) groups excluding carboxylic acids is 3. The summed E-state index contributed by atoms with van der Waals surface area (Å²) in [6.07, 6.45) is 0.0966. The predicted octanol–water partition coefficient (Wildman–Crippen LogP) is 2.75. The van der Waals surface area contributed by atoms with E-state index in [2.05, 4.69) is 15.6 Å². The number of carboxylic acid groups (broad SMARTS) is 1. The molecule has 0 spiro atoms. The summed E-state index contributed by atoms with van der Waals surface area (Å²) in [5.74, 6) is -2.38. The first-order valence-corrected chi connectivity index (χ1v) is 11.0. The lowest BCUT2D eigenvalue weighted by atomic mass is 10.0. The Hall–Kier alpha value is -3.57. The van der Waals surface area contributed by atoms with E-state index in [0.717, 1.165) is 21.8 Å². The fourth-order valence-corrected chi connectivity index (χ4v) is 4.58. The number of thiazole rings is 1. The molecule has 0 bridgehead atoms. The van der Waals surface area contributed by atoms with Crippen LogP contribution in [0, 0.1) is 0 Å². The van der Waals surface area contributed by atoms with Crippen molar-refractivity contribution < 1.29 is 24.3 Å². The molecule has 3 aromatic rings. The average Bonchev–Trinajstić information content (AvgIpc) is 3.49. The Morgan fingerprint density at radius 1 is 1.19 bits per heavy atom. The molecule has 3 heterocycles. The lowest BCUT2D eigenvalue weighted by molar-refractivity contribution is -0.134. The number of hydrogen-bond donors (Lipinski definition) is 3. The third kappa shape index (κ3) is 4.32. The molecule has 1 fully saturated rings. The van der Waals surface area contributed by atoms with Gasteiger partial charge in [-0.2, -0.15) is 11.3 Å². The van der Waals surface area contributed by atoms with Gasteiger partial charge in [-0.25, -0.2) is 19.5 Å². The van der Waals surface area contributed by atoms with Crippen LogP contribution in [0.3, 0.4) is 0 Å². The lowest BCUT2D eigenvalue weighted by Gasteiger charge is -2.24. The SMILES string of the molecule is O=C(O)c1csc(NC(=O)C(Cc2ccccc2)N2C(=O)N[C@@H](c3ccsc3)C2=O)n1. The van der Waals surface area contributed by atoms with Crippen molar-refractivity contribution in [2.45, 2.75) is 18.5 Å². The largest absolute Gasteiger partial charge is 0.476 e. The van der Waals surface area contributed by atoms with E-state index in [-0.39, 0.29) is 17.2 Å². The Balaban J connectivity index is 1.62. The highest BCUT2D eigenvalue weighted by molar-refractivity contribution is 7.14. The summed E-state index contributed by atoms with van der Waals surface area (Å²) >= 11 is 2.34. The van der Waals surface area contributed by atoms with E-state index in [9.17, 15) is 19.2 Å². The van der Waals surface area contributed by atoms with Gasteiger partial charge in [-0.3, -0.25) is 9.59 Å². The monoisotopic (exact) mass is 456 g/mol. The van der Waals surface area contributed by atoms with E-state index in [1.807, 2.05) is 6.07 Å². The van der Waals surface area contributed by atoms with E-state index < -0.39 is 35.9 Å². The second kappa shape index (κ2) is 8.66. The van der Waals surface area contributed by atoms with E-state index >= 15 is 0 Å². The number of hydrogen-bond acceptors (Lipinski definition) is 7. The highest BCUT2D eigenvalue weighted by Crippen LogP contribution is 2.27. The van der Waals surface area contributed by atoms with Gasteiger partial charge in [-0.05, 0) is 28.0 Å². The number of anilines is 1. The molecule has 1 aliphatic rings. The molecule has 31 heavy (non-hydrogen) atoms. The van der Waals surface area contributed by atoms with Gasteiger partial charge >= 0.3 is 12.0 Å². The molecule has 0 aliphatic carbocycles. The molecule has 11 heteroatoms. The molecule has 0 radical (unpaired) electrons. The Labute approximate surface area is 184 Å². The second-order valence-electron chi connectivity index (χ2n) is 6.69. The van der Waals surface area contributed by atoms with Crippen molar-refractivity contribution in [3.8, 4) is 0 Å². The molecular weight excluding hydrogens is 440 g/mol. The molecule has 2 aromatic heterocycles. The van der Waals surface area contributed by atoms with Gasteiger partial charge in [0, 0.05) is 11.8 Å². The highest BCUT2D eigenvalue weighted by Gasteiger charge is 2.45. The topological polar surface area (TPSA) is 129 Å². The van der Waals surface area contributed by atoms with Crippen molar-refractivity contribution in [1.29, 1.82) is 0 Å². The number of aromatic nitrogens is 1. The van der Waals surface area contributed by atoms with Crippen molar-refractivity contribution in [2.75, 3.05) is 5.32 Å². The number of rotatable bonds is 7. The van der Waals surface area contributed by atoms with Crippen LogP contribution in [0.5, 0.6) is 0 Å². The van der Waals surface area contributed by atoms with Crippen LogP contribution in [0.1, 0.15) is 27.7 Å². The number of benzene rings is 1. The van der Waals surface area contributed by atoms with E-state index in [1.54, 1.807) is 41.1 Å². The number of nitrogens with zero attached hydrogens (tertiary/aromatic N) is 2. The maximum atomic E-state index is 13.1. The zero-order valence-corrected chi connectivity index (χ0v) is 17.5. The summed E-state index contributed by atoms with van der Waals surface area (Å²) in [6.45, 7) is 0. The van der Waals surface area contributed by atoms with Crippen LogP contribution in [0.4, 0.5) is 9.93 Å². The first kappa shape index (κ1) is 20.7. The van der Waals surface area contributed by atoms with Gasteiger partial charge in [-0.1, -0.05) is 30.3 Å². The maximum absolute atomic E-state index is 13.1. The van der Waals surface area contributed by atoms with Crippen molar-refractivity contribution in [2.24, 2.45) is 0 Å². The van der Waals surface area contributed by atoms with Gasteiger partial charge in [0.2, 0.25) is 5.91 Å². The van der Waals surface area contributed by atoms with Crippen molar-refractivity contribution in [3.63, 3.8) is 0 Å². The van der Waals surface area contributed by atoms with Crippen molar-refractivity contribution in [1.82, 2.24) is 15.2 Å². The molecule has 1 aliphatic heterocycles. The van der Waals surface area contributed by atoms with Crippen LogP contribution < -0.4 is 10.6 Å². The zero-order valence-electron chi connectivity index (χ0n) is 15.8. The number of urea groups is 1. The molecule has 2 atom stereocenters. The first-order valence-electron chi connectivity index (χ1n) is 9.13. The average molecular weight is 457 g/mol. The molecule has 4 rings (SSSR count). The number of imide groups is 1. The van der Waals surface area contributed by atoms with Gasteiger partial charge < -0.3 is 15.7 Å². The Bertz CT molecular complexity index is 1130. The molecule has 0 saturated carbocycles. The van der Waals surface area contributed by atoms with Gasteiger partial charge in [0.25, 0.3) is 5.91 Å². The normalized spacial score (nSPS) is 16.8. The van der Waals surface area contributed by atoms with Crippen LogP contribution in [0.2, 0.25) is 0 Å². The Kier molecular flexibility index (Phi) is 5.78. The Morgan fingerprint density at radius 3 is 2.61 bits per heavy atom. The Morgan fingerprint density at radius 2 is 1.97 bits per heavy atom. The summed E-state index contributed by atoms with van der Waals surface area (Å²) < 4.78 is 0. The number of carbonyl (C=O) groups is 4. The molecular formula is C20H16N4O5S2. The summed E-state index contributed by atoms with van der Waals surface area (Å²) in [5.41, 5.74) is 1.20. The van der Waals surface area contributed by atoms with E-state index in [0.29, 0.717) is 5.56 Å². The zero-order chi connectivity index (χ0) is 22.0. The smallest absolute Gasteiger partial charge is 0.355 e. The summed E-state index contributed by atoms with van der Waals surface area (Å²) in [5, 5.41) is 19.1. The van der Waals surface area contributed by atoms with Gasteiger partial charge in [0.15, 0.2) is 10.8 Å². The minimum atomic E-state index is -1.22. The molecule has 1 aromatic carbocycles. The standard InChI is InChI=1S/C20H16N4O5S2/c25-16(23-19-21-13(10-31-19)18(27)28)14(8-11-4-2-1-3-5-11)24-17(26)15(22-20(24)29)12-6-7-30-9-12/h1-7,9-10,14-15H,8H2,(H,22,29)(H,27,28)(H,21,23,25)/t14?,15-/m0/s1. The third-order valence-electron chi connectivity index (χ3n) is 4.69. The maximum Gasteiger partial charge on any atom is 0.355 e. The van der Waals surface area contributed by atoms with Crippen LogP contribution >= 0.6 is 22.7 Å². The predicted molar refractivity (Wildman–Crippen MR) is 114 cm³/mol. The van der Waals surface area contributed by atoms with Crippen molar-refractivity contribution >= 4 is 51.6 Å². The van der Waals surface area contributed by atoms with Crippen LogP contribution in [0.25, 0.3) is 0 Å². The fraction of sp³-hybridized carbons (Fsp3) is 0.150. The number of carboxylic acids is 1. The third-order valence-corrected chi connectivity index (χ3v) is 6.15.